The lowest BCUT2D eigenvalue weighted by Crippen LogP contribution is -2.32. The summed E-state index contributed by atoms with van der Waals surface area (Å²) in [6, 6.07) is 15.7. The highest BCUT2D eigenvalue weighted by Gasteiger charge is 2.21. The lowest BCUT2D eigenvalue weighted by Gasteiger charge is -2.27. The molecule has 0 saturated heterocycles. The van der Waals surface area contributed by atoms with Gasteiger partial charge in [0.2, 0.25) is 15.9 Å². The number of amides is 1. The highest BCUT2D eigenvalue weighted by molar-refractivity contribution is 7.89. The van der Waals surface area contributed by atoms with Crippen LogP contribution in [-0.2, 0) is 14.8 Å². The van der Waals surface area contributed by atoms with Crippen molar-refractivity contribution in [3.63, 3.8) is 0 Å². The molecular formula is C24H29N3O3S. The normalized spacial score (nSPS) is 12.6. The molecule has 0 aliphatic rings. The number of carbonyl (C=O) groups is 1. The third kappa shape index (κ3) is 5.81. The number of nitrogens with zero attached hydrogens (tertiary/aromatic N) is 3. The van der Waals surface area contributed by atoms with Crippen molar-refractivity contribution in [3.8, 4) is 6.07 Å². The van der Waals surface area contributed by atoms with Crippen LogP contribution in [0.4, 0.5) is 0 Å². The lowest BCUT2D eigenvalue weighted by molar-refractivity contribution is -0.127. The summed E-state index contributed by atoms with van der Waals surface area (Å²) in [5.74, 6) is -0.140. The quantitative estimate of drug-likeness (QED) is 0.548. The van der Waals surface area contributed by atoms with E-state index in [-0.39, 0.29) is 16.8 Å². The van der Waals surface area contributed by atoms with Crippen LogP contribution in [-0.4, -0.2) is 43.2 Å². The number of nitriles is 1. The van der Waals surface area contributed by atoms with E-state index in [0.717, 1.165) is 11.1 Å². The zero-order chi connectivity index (χ0) is 23.0. The number of hydrogen-bond acceptors (Lipinski definition) is 4. The fourth-order valence-electron chi connectivity index (χ4n) is 3.36. The Labute approximate surface area is 185 Å². The average molecular weight is 440 g/mol. The lowest BCUT2D eigenvalue weighted by atomic mass is 10.0. The second-order valence-corrected chi connectivity index (χ2v) is 8.96. The van der Waals surface area contributed by atoms with Crippen LogP contribution in [0, 0.1) is 11.3 Å². The maximum absolute atomic E-state index is 12.8. The van der Waals surface area contributed by atoms with Gasteiger partial charge >= 0.3 is 0 Å². The van der Waals surface area contributed by atoms with E-state index in [1.165, 1.54) is 10.4 Å². The predicted octanol–water partition coefficient (Wildman–Crippen LogP) is 4.21. The summed E-state index contributed by atoms with van der Waals surface area (Å²) in [5.41, 5.74) is 2.28. The van der Waals surface area contributed by atoms with Gasteiger partial charge in [-0.25, -0.2) is 8.42 Å². The summed E-state index contributed by atoms with van der Waals surface area (Å²) in [4.78, 5) is 14.7. The first-order valence-corrected chi connectivity index (χ1v) is 11.8. The van der Waals surface area contributed by atoms with Crippen molar-refractivity contribution in [2.24, 2.45) is 0 Å². The number of likely N-dealkylation sites (N-methyl/N-ethyl adjacent to an activating group) is 1. The molecule has 0 aliphatic carbocycles. The molecule has 0 fully saturated rings. The summed E-state index contributed by atoms with van der Waals surface area (Å²) < 4.78 is 26.6. The maximum atomic E-state index is 12.8. The Bertz CT molecular complexity index is 1050. The van der Waals surface area contributed by atoms with Gasteiger partial charge in [0.15, 0.2) is 0 Å². The smallest absolute Gasteiger partial charge is 0.247 e. The standard InChI is InChI=1S/C24H29N3O3S/c1-5-26(6-2)31(29,30)23-15-10-20(11-16-23)12-17-24(28)27(7-3)19(4)22-13-8-21(18-25)9-14-22/h8-17,19H,5-7H2,1-4H3/b17-12+. The Hall–Kier alpha value is -2.95. The van der Waals surface area contributed by atoms with E-state index < -0.39 is 10.0 Å². The maximum Gasteiger partial charge on any atom is 0.247 e. The van der Waals surface area contributed by atoms with E-state index in [9.17, 15) is 13.2 Å². The first kappa shape index (κ1) is 24.3. The predicted molar refractivity (Wildman–Crippen MR) is 123 cm³/mol. The Balaban J connectivity index is 2.14. The molecule has 31 heavy (non-hydrogen) atoms. The molecule has 0 heterocycles. The monoisotopic (exact) mass is 439 g/mol. The molecule has 0 radical (unpaired) electrons. The molecule has 1 amide bonds. The van der Waals surface area contributed by atoms with Gasteiger partial charge in [0.25, 0.3) is 0 Å². The SMILES string of the molecule is CCN(C(=O)/C=C/c1ccc(S(=O)(=O)N(CC)CC)cc1)C(C)c1ccc(C#N)cc1. The van der Waals surface area contributed by atoms with E-state index in [0.29, 0.717) is 25.2 Å². The van der Waals surface area contributed by atoms with Gasteiger partial charge < -0.3 is 4.90 Å². The van der Waals surface area contributed by atoms with Crippen LogP contribution in [0.25, 0.3) is 6.08 Å². The molecule has 1 atom stereocenters. The largest absolute Gasteiger partial charge is 0.333 e. The molecule has 6 nitrogen and oxygen atoms in total. The van der Waals surface area contributed by atoms with Gasteiger partial charge in [-0.2, -0.15) is 9.57 Å². The van der Waals surface area contributed by atoms with Crippen molar-refractivity contribution in [2.75, 3.05) is 19.6 Å². The topological polar surface area (TPSA) is 81.5 Å². The first-order chi connectivity index (χ1) is 14.8. The molecule has 0 aliphatic heterocycles. The molecule has 2 aromatic carbocycles. The molecule has 1 unspecified atom stereocenters. The molecule has 0 bridgehead atoms. The van der Waals surface area contributed by atoms with Gasteiger partial charge in [0.1, 0.15) is 0 Å². The van der Waals surface area contributed by atoms with Crippen molar-refractivity contribution >= 4 is 22.0 Å². The molecule has 0 saturated carbocycles. The fraction of sp³-hybridized carbons (Fsp3) is 0.333. The number of carbonyl (C=O) groups excluding carboxylic acids is 1. The molecule has 164 valence electrons. The van der Waals surface area contributed by atoms with Gasteiger partial charge in [-0.1, -0.05) is 38.1 Å². The second kappa shape index (κ2) is 10.9. The number of rotatable bonds is 9. The Kier molecular flexibility index (Phi) is 8.55. The van der Waals surface area contributed by atoms with E-state index in [2.05, 4.69) is 6.07 Å². The molecule has 2 rings (SSSR count). The van der Waals surface area contributed by atoms with Crippen LogP contribution in [0.3, 0.4) is 0 Å². The molecule has 0 spiro atoms. The van der Waals surface area contributed by atoms with Crippen molar-refractivity contribution in [3.05, 3.63) is 71.3 Å². The summed E-state index contributed by atoms with van der Waals surface area (Å²) in [5, 5.41) is 8.94. The fourth-order valence-corrected chi connectivity index (χ4v) is 4.82. The molecule has 2 aromatic rings. The van der Waals surface area contributed by atoms with Crippen LogP contribution in [0.2, 0.25) is 0 Å². The zero-order valence-corrected chi connectivity index (χ0v) is 19.3. The third-order valence-corrected chi connectivity index (χ3v) is 7.32. The van der Waals surface area contributed by atoms with Gasteiger partial charge in [-0.05, 0) is 55.3 Å². The summed E-state index contributed by atoms with van der Waals surface area (Å²) in [7, 11) is -3.50. The summed E-state index contributed by atoms with van der Waals surface area (Å²) >= 11 is 0. The van der Waals surface area contributed by atoms with Crippen LogP contribution >= 0.6 is 0 Å². The van der Waals surface area contributed by atoms with E-state index in [1.54, 1.807) is 47.4 Å². The van der Waals surface area contributed by atoms with Gasteiger partial charge in [-0.15, -0.1) is 0 Å². The van der Waals surface area contributed by atoms with E-state index in [1.807, 2.05) is 39.8 Å². The Morgan fingerprint density at radius 1 is 1.00 bits per heavy atom. The number of sulfonamides is 1. The highest BCUT2D eigenvalue weighted by atomic mass is 32.2. The molecular weight excluding hydrogens is 410 g/mol. The Morgan fingerprint density at radius 2 is 1.58 bits per heavy atom. The third-order valence-electron chi connectivity index (χ3n) is 5.26. The molecule has 7 heteroatoms. The first-order valence-electron chi connectivity index (χ1n) is 10.4. The minimum absolute atomic E-state index is 0.140. The molecule has 0 aromatic heterocycles. The average Bonchev–Trinajstić information content (AvgIpc) is 2.79. The summed E-state index contributed by atoms with van der Waals surface area (Å²) in [6.45, 7) is 8.84. The summed E-state index contributed by atoms with van der Waals surface area (Å²) in [6.07, 6.45) is 3.18. The van der Waals surface area contributed by atoms with Crippen LogP contribution < -0.4 is 0 Å². The van der Waals surface area contributed by atoms with Gasteiger partial charge in [0, 0.05) is 25.7 Å². The minimum Gasteiger partial charge on any atom is -0.333 e. The van der Waals surface area contributed by atoms with Crippen LogP contribution in [0.15, 0.2) is 59.5 Å². The highest BCUT2D eigenvalue weighted by Crippen LogP contribution is 2.21. The van der Waals surface area contributed by atoms with E-state index in [4.69, 9.17) is 5.26 Å². The minimum atomic E-state index is -3.50. The molecule has 0 N–H and O–H groups in total. The van der Waals surface area contributed by atoms with Crippen molar-refractivity contribution in [1.29, 1.82) is 5.26 Å². The van der Waals surface area contributed by atoms with E-state index >= 15 is 0 Å². The van der Waals surface area contributed by atoms with Crippen LogP contribution in [0.5, 0.6) is 0 Å². The van der Waals surface area contributed by atoms with Crippen molar-refractivity contribution in [1.82, 2.24) is 9.21 Å². The van der Waals surface area contributed by atoms with Gasteiger partial charge in [0.05, 0.1) is 22.6 Å². The zero-order valence-electron chi connectivity index (χ0n) is 18.4. The number of benzene rings is 2. The van der Waals surface area contributed by atoms with Crippen LogP contribution in [0.1, 0.15) is 50.4 Å². The Morgan fingerprint density at radius 3 is 2.06 bits per heavy atom. The second-order valence-electron chi connectivity index (χ2n) is 7.03. The van der Waals surface area contributed by atoms with Crippen molar-refractivity contribution in [2.45, 2.75) is 38.6 Å². The number of hydrogen-bond donors (Lipinski definition) is 0. The van der Waals surface area contributed by atoms with Crippen molar-refractivity contribution < 1.29 is 13.2 Å². The van der Waals surface area contributed by atoms with Gasteiger partial charge in [-0.3, -0.25) is 4.79 Å².